The van der Waals surface area contributed by atoms with E-state index in [9.17, 15) is 9.90 Å². The minimum absolute atomic E-state index is 0.0408. The smallest absolute Gasteiger partial charge is 0.253 e. The molecule has 1 amide bonds. The molecule has 0 unspecified atom stereocenters. The van der Waals surface area contributed by atoms with Crippen molar-refractivity contribution in [3.8, 4) is 5.75 Å². The Bertz CT molecular complexity index is 375. The molecule has 1 rings (SSSR count). The molecule has 0 aliphatic rings. The molecule has 0 saturated heterocycles. The molecule has 0 aliphatic carbocycles. The fraction of sp³-hybridized carbons (Fsp3) is 0.417. The molecular formula is C12H16ClNO2. The summed E-state index contributed by atoms with van der Waals surface area (Å²) in [6.07, 6.45) is 1.75. The number of carbonyl (C=O) groups excluding carboxylic acids is 1. The summed E-state index contributed by atoms with van der Waals surface area (Å²) >= 11 is 5.89. The van der Waals surface area contributed by atoms with E-state index in [0.717, 1.165) is 12.8 Å². The molecule has 2 N–H and O–H groups in total. The number of aromatic hydroxyl groups is 1. The highest BCUT2D eigenvalue weighted by Gasteiger charge is 2.14. The quantitative estimate of drug-likeness (QED) is 0.852. The van der Waals surface area contributed by atoms with Gasteiger partial charge in [-0.05, 0) is 31.0 Å². The Kier molecular flexibility index (Phi) is 4.62. The first-order chi connectivity index (χ1) is 7.58. The Morgan fingerprint density at radius 1 is 1.44 bits per heavy atom. The molecule has 0 atom stereocenters. The monoisotopic (exact) mass is 241 g/mol. The number of rotatable bonds is 4. The van der Waals surface area contributed by atoms with Gasteiger partial charge in [-0.15, -0.1) is 0 Å². The lowest BCUT2D eigenvalue weighted by Crippen LogP contribution is -2.33. The van der Waals surface area contributed by atoms with Gasteiger partial charge in [-0.2, -0.15) is 0 Å². The van der Waals surface area contributed by atoms with Gasteiger partial charge < -0.3 is 10.4 Å². The van der Waals surface area contributed by atoms with E-state index in [2.05, 4.69) is 5.32 Å². The summed E-state index contributed by atoms with van der Waals surface area (Å²) in [5.74, 6) is -0.200. The van der Waals surface area contributed by atoms with Crippen molar-refractivity contribution in [2.24, 2.45) is 0 Å². The largest absolute Gasteiger partial charge is 0.508 e. The van der Waals surface area contributed by atoms with Crippen molar-refractivity contribution < 1.29 is 9.90 Å². The van der Waals surface area contributed by atoms with Crippen LogP contribution in [0, 0.1) is 0 Å². The molecule has 0 spiro atoms. The molecule has 0 aromatic heterocycles. The lowest BCUT2D eigenvalue weighted by atomic mass is 10.1. The van der Waals surface area contributed by atoms with Gasteiger partial charge >= 0.3 is 0 Å². The molecule has 3 nitrogen and oxygen atoms in total. The second-order valence-electron chi connectivity index (χ2n) is 3.65. The van der Waals surface area contributed by atoms with Crippen molar-refractivity contribution in [1.29, 1.82) is 0 Å². The van der Waals surface area contributed by atoms with Crippen LogP contribution in [0.3, 0.4) is 0 Å². The van der Waals surface area contributed by atoms with E-state index in [4.69, 9.17) is 11.6 Å². The zero-order chi connectivity index (χ0) is 12.1. The van der Waals surface area contributed by atoms with Crippen LogP contribution in [0.15, 0.2) is 18.2 Å². The molecule has 4 heteroatoms. The molecule has 16 heavy (non-hydrogen) atoms. The maximum Gasteiger partial charge on any atom is 0.253 e. The van der Waals surface area contributed by atoms with Crippen LogP contribution in [0.1, 0.15) is 37.0 Å². The molecule has 0 aliphatic heterocycles. The lowest BCUT2D eigenvalue weighted by Gasteiger charge is -2.15. The van der Waals surface area contributed by atoms with Gasteiger partial charge in [0.2, 0.25) is 0 Å². The number of hydrogen-bond acceptors (Lipinski definition) is 2. The number of phenols is 1. The van der Waals surface area contributed by atoms with Gasteiger partial charge in [-0.3, -0.25) is 4.79 Å². The van der Waals surface area contributed by atoms with Crippen LogP contribution in [0.4, 0.5) is 0 Å². The van der Waals surface area contributed by atoms with Gasteiger partial charge in [0.05, 0.1) is 10.6 Å². The first-order valence-corrected chi connectivity index (χ1v) is 5.75. The topological polar surface area (TPSA) is 49.3 Å². The molecular weight excluding hydrogens is 226 g/mol. The van der Waals surface area contributed by atoms with E-state index in [0.29, 0.717) is 10.6 Å². The molecule has 0 radical (unpaired) electrons. The second kappa shape index (κ2) is 5.75. The van der Waals surface area contributed by atoms with Gasteiger partial charge in [-0.25, -0.2) is 0 Å². The fourth-order valence-corrected chi connectivity index (χ4v) is 1.65. The number of nitrogens with one attached hydrogen (secondary N) is 1. The van der Waals surface area contributed by atoms with Crippen molar-refractivity contribution >= 4 is 17.5 Å². The van der Waals surface area contributed by atoms with Crippen LogP contribution in [0.5, 0.6) is 5.75 Å². The second-order valence-corrected chi connectivity index (χ2v) is 4.06. The van der Waals surface area contributed by atoms with Crippen molar-refractivity contribution in [2.45, 2.75) is 32.7 Å². The Balaban J connectivity index is 2.83. The molecule has 0 heterocycles. The number of halogens is 1. The van der Waals surface area contributed by atoms with Gasteiger partial charge in [-0.1, -0.05) is 25.4 Å². The normalized spacial score (nSPS) is 10.5. The molecule has 0 bridgehead atoms. The van der Waals surface area contributed by atoms with Crippen molar-refractivity contribution in [1.82, 2.24) is 5.32 Å². The highest BCUT2D eigenvalue weighted by molar-refractivity contribution is 6.33. The van der Waals surface area contributed by atoms with Crippen LogP contribution in [-0.4, -0.2) is 17.1 Å². The number of amides is 1. The number of benzene rings is 1. The predicted octanol–water partition coefficient (Wildman–Crippen LogP) is 2.96. The standard InChI is InChI=1S/C12H16ClNO2/c1-3-8(4-2)14-12(16)10-7-9(15)5-6-11(10)13/h5-8,15H,3-4H2,1-2H3,(H,14,16). The van der Waals surface area contributed by atoms with Crippen LogP contribution in [0.25, 0.3) is 0 Å². The first-order valence-electron chi connectivity index (χ1n) is 5.37. The SMILES string of the molecule is CCC(CC)NC(=O)c1cc(O)ccc1Cl. The lowest BCUT2D eigenvalue weighted by molar-refractivity contribution is 0.0934. The minimum atomic E-state index is -0.241. The molecule has 0 fully saturated rings. The Morgan fingerprint density at radius 3 is 2.62 bits per heavy atom. The van der Waals surface area contributed by atoms with Gasteiger partial charge in [0, 0.05) is 6.04 Å². The van der Waals surface area contributed by atoms with Crippen molar-refractivity contribution in [3.05, 3.63) is 28.8 Å². The predicted molar refractivity (Wildman–Crippen MR) is 65.0 cm³/mol. The average molecular weight is 242 g/mol. The zero-order valence-electron chi connectivity index (χ0n) is 9.46. The molecule has 1 aromatic carbocycles. The highest BCUT2D eigenvalue weighted by Crippen LogP contribution is 2.21. The fourth-order valence-electron chi connectivity index (χ4n) is 1.44. The summed E-state index contributed by atoms with van der Waals surface area (Å²) in [5.41, 5.74) is 0.313. The summed E-state index contributed by atoms with van der Waals surface area (Å²) in [7, 11) is 0. The van der Waals surface area contributed by atoms with Crippen LogP contribution in [-0.2, 0) is 0 Å². The van der Waals surface area contributed by atoms with E-state index < -0.39 is 0 Å². The van der Waals surface area contributed by atoms with E-state index in [1.807, 2.05) is 13.8 Å². The van der Waals surface area contributed by atoms with Gasteiger partial charge in [0.15, 0.2) is 0 Å². The minimum Gasteiger partial charge on any atom is -0.508 e. The average Bonchev–Trinajstić information content (AvgIpc) is 2.28. The maximum atomic E-state index is 11.8. The van der Waals surface area contributed by atoms with E-state index in [-0.39, 0.29) is 17.7 Å². The summed E-state index contributed by atoms with van der Waals surface area (Å²) < 4.78 is 0. The van der Waals surface area contributed by atoms with E-state index in [1.54, 1.807) is 0 Å². The van der Waals surface area contributed by atoms with E-state index in [1.165, 1.54) is 18.2 Å². The first kappa shape index (κ1) is 12.8. The van der Waals surface area contributed by atoms with Crippen molar-refractivity contribution in [2.75, 3.05) is 0 Å². The van der Waals surface area contributed by atoms with Gasteiger partial charge in [0.25, 0.3) is 5.91 Å². The zero-order valence-corrected chi connectivity index (χ0v) is 10.2. The third kappa shape index (κ3) is 3.14. The summed E-state index contributed by atoms with van der Waals surface area (Å²) in [4.78, 5) is 11.8. The molecule has 0 saturated carbocycles. The van der Waals surface area contributed by atoms with Crippen LogP contribution in [0.2, 0.25) is 5.02 Å². The van der Waals surface area contributed by atoms with Gasteiger partial charge in [0.1, 0.15) is 5.75 Å². The molecule has 88 valence electrons. The summed E-state index contributed by atoms with van der Waals surface area (Å²) in [5, 5.41) is 12.5. The summed E-state index contributed by atoms with van der Waals surface area (Å²) in [6.45, 7) is 4.02. The molecule has 1 aromatic rings. The number of carbonyl (C=O) groups is 1. The Hall–Kier alpha value is -1.22. The maximum absolute atomic E-state index is 11.8. The van der Waals surface area contributed by atoms with Crippen LogP contribution >= 0.6 is 11.6 Å². The Morgan fingerprint density at radius 2 is 2.06 bits per heavy atom. The van der Waals surface area contributed by atoms with E-state index >= 15 is 0 Å². The number of hydrogen-bond donors (Lipinski definition) is 2. The third-order valence-corrected chi connectivity index (χ3v) is 2.84. The van der Waals surface area contributed by atoms with Crippen LogP contribution < -0.4 is 5.32 Å². The highest BCUT2D eigenvalue weighted by atomic mass is 35.5. The Labute approximate surface area is 100 Å². The third-order valence-electron chi connectivity index (χ3n) is 2.52. The number of phenolic OH excluding ortho intramolecular Hbond substituents is 1. The summed E-state index contributed by atoms with van der Waals surface area (Å²) in [6, 6.07) is 4.49. The van der Waals surface area contributed by atoms with Crippen molar-refractivity contribution in [3.63, 3.8) is 0 Å².